The molecule has 8 nitrogen and oxygen atoms in total. The Labute approximate surface area is 150 Å². The summed E-state index contributed by atoms with van der Waals surface area (Å²) in [5.74, 6) is -0.554. The molecule has 0 fully saturated rings. The Hall–Kier alpha value is -2.48. The molecule has 1 unspecified atom stereocenters. The summed E-state index contributed by atoms with van der Waals surface area (Å²) in [5.41, 5.74) is 0.661. The molecule has 0 aliphatic heterocycles. The lowest BCUT2D eigenvalue weighted by Crippen LogP contribution is -2.33. The summed E-state index contributed by atoms with van der Waals surface area (Å²) in [7, 11) is 1.44. The number of aromatic nitrogens is 2. The second kappa shape index (κ2) is 9.12. The molecule has 130 valence electrons. The Morgan fingerprint density at radius 3 is 2.76 bits per heavy atom. The second-order valence-electron chi connectivity index (χ2n) is 4.75. The molecule has 0 saturated carbocycles. The van der Waals surface area contributed by atoms with Crippen LogP contribution in [0.15, 0.2) is 40.3 Å². The minimum atomic E-state index is -1.65. The predicted octanol–water partition coefficient (Wildman–Crippen LogP) is 0.239. The van der Waals surface area contributed by atoms with E-state index in [1.54, 1.807) is 0 Å². The molecule has 2 rings (SSSR count). The smallest absolute Gasteiger partial charge is 0.269 e. The number of carbonyl (C=O) groups excluding carboxylic acids is 1. The quantitative estimate of drug-likeness (QED) is 0.468. The lowest BCUT2D eigenvalue weighted by molar-refractivity contribution is -0.116. The Morgan fingerprint density at radius 2 is 2.12 bits per heavy atom. The van der Waals surface area contributed by atoms with Crippen LogP contribution in [0.3, 0.4) is 0 Å². The van der Waals surface area contributed by atoms with Crippen molar-refractivity contribution in [1.82, 2.24) is 19.4 Å². The highest BCUT2D eigenvalue weighted by atomic mass is 32.2. The van der Waals surface area contributed by atoms with Gasteiger partial charge >= 0.3 is 0 Å². The lowest BCUT2D eigenvalue weighted by Gasteiger charge is -2.07. The molecule has 3 N–H and O–H groups in total. The first-order chi connectivity index (χ1) is 12.0. The first-order valence-electron chi connectivity index (χ1n) is 7.12. The maximum Gasteiger partial charge on any atom is 0.269 e. The molecule has 1 heterocycles. The summed E-state index contributed by atoms with van der Waals surface area (Å²) < 4.78 is 15.8. The van der Waals surface area contributed by atoms with Gasteiger partial charge in [-0.2, -0.15) is 5.26 Å². The summed E-state index contributed by atoms with van der Waals surface area (Å²) >= 11 is -0.665. The topological polar surface area (TPSA) is 128 Å². The number of carbonyl (C=O) groups is 1. The van der Waals surface area contributed by atoms with E-state index in [2.05, 4.69) is 19.4 Å². The third kappa shape index (κ3) is 5.53. The highest BCUT2D eigenvalue weighted by molar-refractivity contribution is 7.99. The van der Waals surface area contributed by atoms with Crippen molar-refractivity contribution in [1.29, 1.82) is 5.26 Å². The number of thioether (sulfide) groups is 1. The monoisotopic (exact) mass is 377 g/mol. The molecule has 25 heavy (non-hydrogen) atoms. The third-order valence-electron chi connectivity index (χ3n) is 3.03. The van der Waals surface area contributed by atoms with Gasteiger partial charge in [0, 0.05) is 6.42 Å². The Morgan fingerprint density at radius 1 is 1.40 bits per heavy atom. The van der Waals surface area contributed by atoms with Crippen molar-refractivity contribution in [3.63, 3.8) is 0 Å². The van der Waals surface area contributed by atoms with E-state index >= 15 is 0 Å². The third-order valence-corrected chi connectivity index (χ3v) is 4.69. The summed E-state index contributed by atoms with van der Waals surface area (Å²) in [6.07, 6.45) is 0.331. The second-order valence-corrected chi connectivity index (χ2v) is 6.87. The van der Waals surface area contributed by atoms with Gasteiger partial charge in [0.25, 0.3) is 5.56 Å². The number of hydrogen-bond donors (Lipinski definition) is 3. The van der Waals surface area contributed by atoms with Crippen LogP contribution in [-0.4, -0.2) is 32.9 Å². The van der Waals surface area contributed by atoms with Crippen molar-refractivity contribution >= 4 is 28.8 Å². The average molecular weight is 377 g/mol. The predicted molar refractivity (Wildman–Crippen MR) is 94.9 cm³/mol. The number of nitrogens with zero attached hydrogens (tertiary/aromatic N) is 2. The van der Waals surface area contributed by atoms with Gasteiger partial charge in [0.2, 0.25) is 5.91 Å². The zero-order valence-electron chi connectivity index (χ0n) is 13.2. The first kappa shape index (κ1) is 18.9. The average Bonchev–Trinajstić information content (AvgIpc) is 2.60. The Bertz CT molecular complexity index is 877. The molecule has 0 bridgehead atoms. The van der Waals surface area contributed by atoms with Gasteiger partial charge in [-0.25, -0.2) is 13.9 Å². The lowest BCUT2D eigenvalue weighted by atomic mass is 10.1. The minimum absolute atomic E-state index is 0.0473. The van der Waals surface area contributed by atoms with Crippen LogP contribution in [0.1, 0.15) is 16.8 Å². The Balaban J connectivity index is 2.17. The molecule has 0 aliphatic rings. The number of rotatable bonds is 7. The molecule has 0 aliphatic carbocycles. The zero-order valence-corrected chi connectivity index (χ0v) is 14.9. The first-order valence-corrected chi connectivity index (χ1v) is 9.25. The number of H-pyrrole nitrogens is 1. The molecule has 0 saturated heterocycles. The van der Waals surface area contributed by atoms with Crippen LogP contribution >= 0.6 is 11.8 Å². The number of nitriles is 1. The van der Waals surface area contributed by atoms with Crippen LogP contribution in [-0.2, 0) is 22.4 Å². The highest BCUT2D eigenvalue weighted by Crippen LogP contribution is 2.15. The SMILES string of the molecule is CNS(=O)NC(=O)CSc1nc(Cc2ccccc2)c(C#N)c(=O)[nH]1. The van der Waals surface area contributed by atoms with Gasteiger partial charge in [-0.3, -0.25) is 14.3 Å². The molecular weight excluding hydrogens is 362 g/mol. The number of aromatic amines is 1. The number of benzene rings is 1. The van der Waals surface area contributed by atoms with E-state index < -0.39 is 22.6 Å². The molecular formula is C15H15N5O3S2. The van der Waals surface area contributed by atoms with Crippen LogP contribution in [0.4, 0.5) is 0 Å². The molecule has 1 atom stereocenters. The fourth-order valence-electron chi connectivity index (χ4n) is 1.92. The summed E-state index contributed by atoms with van der Waals surface area (Å²) in [4.78, 5) is 30.5. The van der Waals surface area contributed by atoms with Crippen LogP contribution in [0.5, 0.6) is 0 Å². The van der Waals surface area contributed by atoms with Crippen molar-refractivity contribution in [2.24, 2.45) is 0 Å². The van der Waals surface area contributed by atoms with Gasteiger partial charge in [0.05, 0.1) is 11.4 Å². The van der Waals surface area contributed by atoms with E-state index in [1.165, 1.54) is 7.05 Å². The molecule has 2 aromatic rings. The summed E-state index contributed by atoms with van der Waals surface area (Å²) in [5, 5.41) is 9.41. The normalized spacial score (nSPS) is 11.5. The van der Waals surface area contributed by atoms with Gasteiger partial charge in [0.1, 0.15) is 11.6 Å². The fourth-order valence-corrected chi connectivity index (χ4v) is 3.07. The molecule has 10 heteroatoms. The fraction of sp³-hybridized carbons (Fsp3) is 0.200. The number of hydrogen-bond acceptors (Lipinski definition) is 6. The van der Waals surface area contributed by atoms with E-state index in [0.29, 0.717) is 12.1 Å². The molecule has 1 aromatic carbocycles. The standard InChI is InChI=1S/C15H15N5O3S2/c1-17-25(23)20-13(21)9-24-15-18-12(11(8-16)14(22)19-15)7-10-5-3-2-4-6-10/h2-6,17H,7,9H2,1H3,(H,20,21)(H,18,19,22). The van der Waals surface area contributed by atoms with E-state index in [0.717, 1.165) is 17.3 Å². The zero-order chi connectivity index (χ0) is 18.2. The van der Waals surface area contributed by atoms with Gasteiger partial charge in [-0.05, 0) is 12.6 Å². The van der Waals surface area contributed by atoms with Gasteiger partial charge in [-0.1, -0.05) is 42.1 Å². The van der Waals surface area contributed by atoms with Crippen LogP contribution in [0, 0.1) is 11.3 Å². The van der Waals surface area contributed by atoms with Gasteiger partial charge in [-0.15, -0.1) is 0 Å². The maximum absolute atomic E-state index is 12.1. The molecule has 0 radical (unpaired) electrons. The van der Waals surface area contributed by atoms with E-state index in [1.807, 2.05) is 36.4 Å². The van der Waals surface area contributed by atoms with E-state index in [9.17, 15) is 19.1 Å². The summed E-state index contributed by atoms with van der Waals surface area (Å²) in [6, 6.07) is 11.2. The molecule has 1 amide bonds. The number of amides is 1. The molecule has 0 spiro atoms. The van der Waals surface area contributed by atoms with Crippen molar-refractivity contribution < 1.29 is 9.00 Å². The largest absolute Gasteiger partial charge is 0.300 e. The van der Waals surface area contributed by atoms with Crippen LogP contribution in [0.25, 0.3) is 0 Å². The summed E-state index contributed by atoms with van der Waals surface area (Å²) in [6.45, 7) is 0. The molecule has 1 aromatic heterocycles. The Kier molecular flexibility index (Phi) is 6.88. The minimum Gasteiger partial charge on any atom is -0.300 e. The maximum atomic E-state index is 12.1. The van der Waals surface area contributed by atoms with Crippen molar-refractivity contribution in [2.45, 2.75) is 11.6 Å². The highest BCUT2D eigenvalue weighted by Gasteiger charge is 2.14. The number of nitrogens with one attached hydrogen (secondary N) is 3. The van der Waals surface area contributed by atoms with Crippen LogP contribution < -0.4 is 15.0 Å². The van der Waals surface area contributed by atoms with E-state index in [-0.39, 0.29) is 16.5 Å². The van der Waals surface area contributed by atoms with Crippen molar-refractivity contribution in [3.8, 4) is 6.07 Å². The van der Waals surface area contributed by atoms with Crippen molar-refractivity contribution in [3.05, 3.63) is 57.5 Å². The van der Waals surface area contributed by atoms with Crippen LogP contribution in [0.2, 0.25) is 0 Å². The van der Waals surface area contributed by atoms with E-state index in [4.69, 9.17) is 0 Å². The van der Waals surface area contributed by atoms with Gasteiger partial charge < -0.3 is 4.98 Å². The van der Waals surface area contributed by atoms with Gasteiger partial charge in [0.15, 0.2) is 16.3 Å². The van der Waals surface area contributed by atoms with Crippen molar-refractivity contribution in [2.75, 3.05) is 12.8 Å².